The van der Waals surface area contributed by atoms with Crippen LogP contribution in [0.2, 0.25) is 0 Å². The van der Waals surface area contributed by atoms with Crippen molar-refractivity contribution in [2.45, 2.75) is 38.7 Å². The zero-order chi connectivity index (χ0) is 8.97. The van der Waals surface area contributed by atoms with Crippen LogP contribution in [0.15, 0.2) is 12.7 Å². The second kappa shape index (κ2) is 4.29. The predicted octanol–water partition coefficient (Wildman–Crippen LogP) is 2.29. The van der Waals surface area contributed by atoms with E-state index in [0.717, 1.165) is 0 Å². The Bertz CT molecular complexity index is 169. The van der Waals surface area contributed by atoms with E-state index in [2.05, 4.69) is 6.58 Å². The molecule has 0 bridgehead atoms. The van der Waals surface area contributed by atoms with Crippen molar-refractivity contribution in [1.82, 2.24) is 0 Å². The van der Waals surface area contributed by atoms with E-state index in [1.165, 1.54) is 31.8 Å². The summed E-state index contributed by atoms with van der Waals surface area (Å²) in [5.41, 5.74) is 0. The summed E-state index contributed by atoms with van der Waals surface area (Å²) in [6.07, 6.45) is 6.25. The van der Waals surface area contributed by atoms with Crippen LogP contribution in [-0.4, -0.2) is 12.1 Å². The fourth-order valence-electron chi connectivity index (χ4n) is 1.75. The summed E-state index contributed by atoms with van der Waals surface area (Å²) < 4.78 is 5.13. The fourth-order valence-corrected chi connectivity index (χ4v) is 1.75. The van der Waals surface area contributed by atoms with Crippen molar-refractivity contribution in [2.75, 3.05) is 0 Å². The first-order valence-corrected chi connectivity index (χ1v) is 4.57. The van der Waals surface area contributed by atoms with Gasteiger partial charge in [-0.3, -0.25) is 0 Å². The third-order valence-corrected chi connectivity index (χ3v) is 2.53. The lowest BCUT2D eigenvalue weighted by Gasteiger charge is -2.18. The first-order valence-electron chi connectivity index (χ1n) is 4.57. The molecule has 1 atom stereocenters. The molecule has 0 aromatic carbocycles. The lowest BCUT2D eigenvalue weighted by atomic mass is 10.0. The number of carbonyl (C=O) groups is 1. The number of rotatable bonds is 3. The normalized spacial score (nSPS) is 20.4. The van der Waals surface area contributed by atoms with Gasteiger partial charge in [0.05, 0.1) is 0 Å². The molecule has 2 heteroatoms. The SMILES string of the molecule is C=CC(=O)OC(C)C1CCCC1. The average Bonchev–Trinajstić information content (AvgIpc) is 2.56. The lowest BCUT2D eigenvalue weighted by Crippen LogP contribution is -2.20. The van der Waals surface area contributed by atoms with Crippen molar-refractivity contribution in [3.05, 3.63) is 12.7 Å². The smallest absolute Gasteiger partial charge is 0.330 e. The van der Waals surface area contributed by atoms with Gasteiger partial charge in [-0.2, -0.15) is 0 Å². The third kappa shape index (κ3) is 2.36. The van der Waals surface area contributed by atoms with Gasteiger partial charge in [-0.05, 0) is 25.7 Å². The number of esters is 1. The van der Waals surface area contributed by atoms with E-state index < -0.39 is 0 Å². The van der Waals surface area contributed by atoms with Crippen molar-refractivity contribution in [3.8, 4) is 0 Å². The summed E-state index contributed by atoms with van der Waals surface area (Å²) in [5.74, 6) is 0.281. The van der Waals surface area contributed by atoms with Crippen LogP contribution in [-0.2, 0) is 9.53 Å². The molecule has 0 saturated heterocycles. The van der Waals surface area contributed by atoms with E-state index in [-0.39, 0.29) is 12.1 Å². The van der Waals surface area contributed by atoms with Crippen LogP contribution in [0.4, 0.5) is 0 Å². The highest BCUT2D eigenvalue weighted by atomic mass is 16.5. The van der Waals surface area contributed by atoms with Crippen LogP contribution < -0.4 is 0 Å². The predicted molar refractivity (Wildman–Crippen MR) is 47.7 cm³/mol. The van der Waals surface area contributed by atoms with Gasteiger partial charge in [-0.1, -0.05) is 19.4 Å². The maximum Gasteiger partial charge on any atom is 0.330 e. The van der Waals surface area contributed by atoms with E-state index in [1.807, 2.05) is 6.92 Å². The van der Waals surface area contributed by atoms with Crippen molar-refractivity contribution < 1.29 is 9.53 Å². The summed E-state index contributed by atoms with van der Waals surface area (Å²) in [4.78, 5) is 10.8. The second-order valence-corrected chi connectivity index (χ2v) is 3.39. The largest absolute Gasteiger partial charge is 0.459 e. The van der Waals surface area contributed by atoms with Crippen molar-refractivity contribution in [1.29, 1.82) is 0 Å². The third-order valence-electron chi connectivity index (χ3n) is 2.53. The Morgan fingerprint density at radius 2 is 2.17 bits per heavy atom. The van der Waals surface area contributed by atoms with Gasteiger partial charge in [0.25, 0.3) is 0 Å². The number of hydrogen-bond donors (Lipinski definition) is 0. The molecule has 68 valence electrons. The maximum absolute atomic E-state index is 10.8. The topological polar surface area (TPSA) is 26.3 Å². The molecule has 2 nitrogen and oxygen atoms in total. The molecule has 0 radical (unpaired) electrons. The molecular formula is C10H16O2. The minimum Gasteiger partial charge on any atom is -0.459 e. The van der Waals surface area contributed by atoms with Gasteiger partial charge in [0.2, 0.25) is 0 Å². The number of ether oxygens (including phenoxy) is 1. The Morgan fingerprint density at radius 3 is 2.67 bits per heavy atom. The van der Waals surface area contributed by atoms with Crippen LogP contribution in [0, 0.1) is 5.92 Å². The van der Waals surface area contributed by atoms with Gasteiger partial charge in [0.1, 0.15) is 6.10 Å². The van der Waals surface area contributed by atoms with Gasteiger partial charge < -0.3 is 4.74 Å². The zero-order valence-electron chi connectivity index (χ0n) is 7.58. The summed E-state index contributed by atoms with van der Waals surface area (Å²) in [6.45, 7) is 5.34. The molecule has 0 N–H and O–H groups in total. The van der Waals surface area contributed by atoms with Crippen molar-refractivity contribution >= 4 is 5.97 Å². The Balaban J connectivity index is 2.31. The molecule has 0 spiro atoms. The maximum atomic E-state index is 10.8. The highest BCUT2D eigenvalue weighted by Crippen LogP contribution is 2.28. The van der Waals surface area contributed by atoms with Crippen LogP contribution in [0.25, 0.3) is 0 Å². The van der Waals surface area contributed by atoms with E-state index >= 15 is 0 Å². The highest BCUT2D eigenvalue weighted by Gasteiger charge is 2.23. The molecule has 1 aliphatic carbocycles. The van der Waals surface area contributed by atoms with Crippen LogP contribution in [0.1, 0.15) is 32.6 Å². The Kier molecular flexibility index (Phi) is 3.32. The molecule has 1 rings (SSSR count). The number of carbonyl (C=O) groups excluding carboxylic acids is 1. The highest BCUT2D eigenvalue weighted by molar-refractivity contribution is 5.81. The molecule has 1 saturated carbocycles. The van der Waals surface area contributed by atoms with Crippen molar-refractivity contribution in [2.24, 2.45) is 5.92 Å². The Morgan fingerprint density at radius 1 is 1.58 bits per heavy atom. The first kappa shape index (κ1) is 9.30. The van der Waals surface area contributed by atoms with Gasteiger partial charge in [0, 0.05) is 6.08 Å². The second-order valence-electron chi connectivity index (χ2n) is 3.39. The van der Waals surface area contributed by atoms with E-state index in [0.29, 0.717) is 5.92 Å². The van der Waals surface area contributed by atoms with E-state index in [1.54, 1.807) is 0 Å². The lowest BCUT2D eigenvalue weighted by molar-refractivity contribution is -0.144. The minimum absolute atomic E-state index is 0.0676. The molecule has 0 aromatic heterocycles. The van der Waals surface area contributed by atoms with Gasteiger partial charge in [-0.25, -0.2) is 4.79 Å². The van der Waals surface area contributed by atoms with E-state index in [4.69, 9.17) is 4.74 Å². The molecule has 1 fully saturated rings. The molecule has 0 heterocycles. The summed E-state index contributed by atoms with van der Waals surface area (Å²) in [6, 6.07) is 0. The molecule has 1 unspecified atom stereocenters. The summed E-state index contributed by atoms with van der Waals surface area (Å²) >= 11 is 0. The monoisotopic (exact) mass is 168 g/mol. The van der Waals surface area contributed by atoms with Gasteiger partial charge in [0.15, 0.2) is 0 Å². The van der Waals surface area contributed by atoms with Crippen LogP contribution in [0.5, 0.6) is 0 Å². The fraction of sp³-hybridized carbons (Fsp3) is 0.700. The van der Waals surface area contributed by atoms with Gasteiger partial charge >= 0.3 is 5.97 Å². The van der Waals surface area contributed by atoms with Gasteiger partial charge in [-0.15, -0.1) is 0 Å². The zero-order valence-corrected chi connectivity index (χ0v) is 7.58. The molecular weight excluding hydrogens is 152 g/mol. The molecule has 0 aromatic rings. The molecule has 0 aliphatic heterocycles. The molecule has 0 amide bonds. The van der Waals surface area contributed by atoms with Crippen LogP contribution >= 0.6 is 0 Å². The standard InChI is InChI=1S/C10H16O2/c1-3-10(11)12-8(2)9-6-4-5-7-9/h3,8-9H,1,4-7H2,2H3. The Labute approximate surface area is 73.6 Å². The van der Waals surface area contributed by atoms with E-state index in [9.17, 15) is 4.79 Å². The molecule has 1 aliphatic rings. The average molecular weight is 168 g/mol. The molecule has 12 heavy (non-hydrogen) atoms. The summed E-state index contributed by atoms with van der Waals surface area (Å²) in [5, 5.41) is 0. The van der Waals surface area contributed by atoms with Crippen molar-refractivity contribution in [3.63, 3.8) is 0 Å². The quantitative estimate of drug-likeness (QED) is 0.477. The summed E-state index contributed by atoms with van der Waals surface area (Å²) in [7, 11) is 0. The minimum atomic E-state index is -0.297. The van der Waals surface area contributed by atoms with Crippen LogP contribution in [0.3, 0.4) is 0 Å². The Hall–Kier alpha value is -0.790. The number of hydrogen-bond acceptors (Lipinski definition) is 2. The first-order chi connectivity index (χ1) is 5.74.